The molecule has 2 aliphatic heterocycles. The number of aromatic nitrogens is 2. The number of amides is 1. The molecule has 0 spiro atoms. The predicted octanol–water partition coefficient (Wildman–Crippen LogP) is 3.64. The van der Waals surface area contributed by atoms with Crippen LogP contribution in [0.4, 0.5) is 19.0 Å². The van der Waals surface area contributed by atoms with Gasteiger partial charge in [-0.15, -0.1) is 0 Å². The Balaban J connectivity index is 0.000000676. The van der Waals surface area contributed by atoms with Crippen LogP contribution < -0.4 is 15.8 Å². The molecule has 236 valence electrons. The number of nitrogens with zero attached hydrogens (tertiary/aromatic N) is 6. The lowest BCUT2D eigenvalue weighted by atomic mass is 9.94. The highest BCUT2D eigenvalue weighted by Gasteiger charge is 2.44. The summed E-state index contributed by atoms with van der Waals surface area (Å²) in [6.07, 6.45) is 2.26. The van der Waals surface area contributed by atoms with Gasteiger partial charge >= 0.3 is 12.1 Å². The molecule has 11 nitrogen and oxygen atoms in total. The lowest BCUT2D eigenvalue weighted by Gasteiger charge is -2.42. The standard InChI is InChI=1S/C27H33BrN8O.C2HF3O2/c1-19(2)17-36(26-23(28)15-31-25(14-29)32-26)18-22(27(37)33-30)8-9-24(36)21-6-4-20(5-7-21)16-35-12-10-34(3)11-13-35;3-2(4,5)1(6)7/h4-9,15,18-19,24H,10-13,16-17,30H2,1-3H3;(H,6,7)/p+1. The number of hydrogen-bond acceptors (Lipinski definition) is 8. The van der Waals surface area contributed by atoms with Crippen LogP contribution in [-0.2, 0) is 16.1 Å². The van der Waals surface area contributed by atoms with Gasteiger partial charge in [-0.25, -0.2) is 20.1 Å². The van der Waals surface area contributed by atoms with E-state index in [2.05, 4.69) is 92.4 Å². The number of carboxylic acid groups (broad SMARTS) is 1. The summed E-state index contributed by atoms with van der Waals surface area (Å²) in [6.45, 7) is 10.1. The van der Waals surface area contributed by atoms with Gasteiger partial charge in [-0.2, -0.15) is 23.4 Å². The van der Waals surface area contributed by atoms with Gasteiger partial charge in [-0.1, -0.05) is 38.1 Å². The maximum absolute atomic E-state index is 12.6. The Bertz CT molecular complexity index is 1430. The Morgan fingerprint density at radius 1 is 1.23 bits per heavy atom. The van der Waals surface area contributed by atoms with Crippen LogP contribution in [0.3, 0.4) is 0 Å². The summed E-state index contributed by atoms with van der Waals surface area (Å²) in [5.41, 5.74) is 5.04. The van der Waals surface area contributed by atoms with Crippen molar-refractivity contribution < 1.29 is 27.9 Å². The number of nitrogens with two attached hydrogens (primary N) is 1. The van der Waals surface area contributed by atoms with Crippen molar-refractivity contribution in [2.75, 3.05) is 39.8 Å². The molecule has 1 amide bonds. The second-order valence-electron chi connectivity index (χ2n) is 11.0. The van der Waals surface area contributed by atoms with Crippen LogP contribution in [0.2, 0.25) is 0 Å². The minimum absolute atomic E-state index is 0.0773. The summed E-state index contributed by atoms with van der Waals surface area (Å²) in [6, 6.07) is 10.6. The number of aliphatic carboxylic acids is 1. The molecule has 15 heteroatoms. The average molecular weight is 681 g/mol. The van der Waals surface area contributed by atoms with Crippen LogP contribution >= 0.6 is 15.9 Å². The second-order valence-corrected chi connectivity index (χ2v) is 11.8. The highest BCUT2D eigenvalue weighted by atomic mass is 79.9. The van der Waals surface area contributed by atoms with E-state index in [1.54, 1.807) is 6.20 Å². The van der Waals surface area contributed by atoms with E-state index < -0.39 is 12.1 Å². The van der Waals surface area contributed by atoms with Crippen molar-refractivity contribution in [1.82, 2.24) is 29.7 Å². The molecule has 0 radical (unpaired) electrons. The third kappa shape index (κ3) is 8.70. The first-order valence-electron chi connectivity index (χ1n) is 13.7. The van der Waals surface area contributed by atoms with Gasteiger partial charge in [-0.05, 0) is 40.7 Å². The van der Waals surface area contributed by atoms with E-state index in [0.717, 1.165) is 38.3 Å². The minimum atomic E-state index is -5.08. The summed E-state index contributed by atoms with van der Waals surface area (Å²) in [7, 11) is 2.16. The maximum Gasteiger partial charge on any atom is 0.490 e. The van der Waals surface area contributed by atoms with Crippen LogP contribution in [-0.4, -0.2) is 82.7 Å². The number of rotatable bonds is 7. The Kier molecular flexibility index (Phi) is 11.8. The second kappa shape index (κ2) is 14.9. The number of carboxylic acids is 1. The smallest absolute Gasteiger partial charge is 0.475 e. The van der Waals surface area contributed by atoms with Crippen molar-refractivity contribution in [2.24, 2.45) is 11.8 Å². The molecule has 0 bridgehead atoms. The van der Waals surface area contributed by atoms with Crippen LogP contribution in [0.25, 0.3) is 0 Å². The van der Waals surface area contributed by atoms with Gasteiger partial charge in [-0.3, -0.25) is 15.1 Å². The van der Waals surface area contributed by atoms with Gasteiger partial charge < -0.3 is 10.0 Å². The number of piperazine rings is 1. The molecule has 2 aliphatic rings. The van der Waals surface area contributed by atoms with Gasteiger partial charge in [0.05, 0.1) is 18.3 Å². The summed E-state index contributed by atoms with van der Waals surface area (Å²) in [4.78, 5) is 35.1. The first-order valence-corrected chi connectivity index (χ1v) is 14.5. The Morgan fingerprint density at radius 2 is 1.84 bits per heavy atom. The average Bonchev–Trinajstić information content (AvgIpc) is 2.98. The monoisotopic (exact) mass is 679 g/mol. The fraction of sp³-hybridized carbons (Fsp3) is 0.414. The number of hydrogen-bond donors (Lipinski definition) is 3. The third-order valence-corrected chi connectivity index (χ3v) is 7.73. The Morgan fingerprint density at radius 3 is 2.36 bits per heavy atom. The van der Waals surface area contributed by atoms with E-state index in [9.17, 15) is 23.2 Å². The van der Waals surface area contributed by atoms with E-state index in [-0.39, 0.29) is 28.2 Å². The van der Waals surface area contributed by atoms with E-state index in [0.29, 0.717) is 22.4 Å². The summed E-state index contributed by atoms with van der Waals surface area (Å²) < 4.78 is 32.6. The van der Waals surface area contributed by atoms with Gasteiger partial charge in [0.1, 0.15) is 22.8 Å². The van der Waals surface area contributed by atoms with Crippen LogP contribution in [0.5, 0.6) is 0 Å². The number of nitrogens with one attached hydrogen (secondary N) is 1. The molecule has 2 aromatic rings. The van der Waals surface area contributed by atoms with Crippen molar-refractivity contribution in [1.29, 1.82) is 5.26 Å². The lowest BCUT2D eigenvalue weighted by Crippen LogP contribution is -2.52. The molecule has 1 saturated heterocycles. The van der Waals surface area contributed by atoms with E-state index in [1.165, 1.54) is 5.56 Å². The van der Waals surface area contributed by atoms with Gasteiger partial charge in [0.2, 0.25) is 5.82 Å². The van der Waals surface area contributed by atoms with Crippen molar-refractivity contribution in [3.63, 3.8) is 0 Å². The number of likely N-dealkylation sites (N-methyl/N-ethyl adjacent to an activating group) is 1. The van der Waals surface area contributed by atoms with Crippen molar-refractivity contribution in [2.45, 2.75) is 32.6 Å². The zero-order chi connectivity index (χ0) is 32.7. The highest BCUT2D eigenvalue weighted by Crippen LogP contribution is 2.43. The normalized spacial score (nSPS) is 20.7. The molecular formula is C29H35BrF3N8O3+. The fourth-order valence-corrected chi connectivity index (χ4v) is 5.67. The SMILES string of the molecule is CC(C)C[N+]1(c2nc(C#N)ncc2Br)C=C(C(=O)NN)C=CC1c1ccc(CN2CCN(C)CC2)cc1.O=C(O)C(F)(F)F. The van der Waals surface area contributed by atoms with Crippen LogP contribution in [0.15, 0.2) is 58.9 Å². The quantitative estimate of drug-likeness (QED) is 0.173. The molecule has 1 aromatic heterocycles. The first kappa shape index (κ1) is 34.8. The van der Waals surface area contributed by atoms with Crippen molar-refractivity contribution in [3.05, 3.63) is 75.8 Å². The third-order valence-electron chi connectivity index (χ3n) is 7.17. The molecule has 1 fully saturated rings. The molecule has 2 unspecified atom stereocenters. The molecule has 2 atom stereocenters. The number of nitriles is 1. The molecule has 0 saturated carbocycles. The summed E-state index contributed by atoms with van der Waals surface area (Å²) in [5, 5.41) is 16.7. The lowest BCUT2D eigenvalue weighted by molar-refractivity contribution is -0.192. The van der Waals surface area contributed by atoms with Crippen LogP contribution in [0, 0.1) is 17.2 Å². The summed E-state index contributed by atoms with van der Waals surface area (Å²) >= 11 is 3.63. The zero-order valence-electron chi connectivity index (χ0n) is 24.6. The number of hydrazine groups is 1. The van der Waals surface area contributed by atoms with Gasteiger partial charge in [0.25, 0.3) is 11.7 Å². The molecular weight excluding hydrogens is 645 g/mol. The minimum Gasteiger partial charge on any atom is -0.475 e. The Labute approximate surface area is 262 Å². The number of alkyl halides is 3. The molecule has 4 rings (SSSR count). The molecule has 0 aliphatic carbocycles. The maximum atomic E-state index is 12.6. The molecule has 1 aromatic carbocycles. The van der Waals surface area contributed by atoms with Crippen molar-refractivity contribution >= 4 is 33.6 Å². The van der Waals surface area contributed by atoms with E-state index >= 15 is 0 Å². The number of quaternary nitrogens is 1. The number of benzene rings is 1. The van der Waals surface area contributed by atoms with Gasteiger partial charge in [0, 0.05) is 44.2 Å². The fourth-order valence-electron chi connectivity index (χ4n) is 5.15. The van der Waals surface area contributed by atoms with Crippen LogP contribution in [0.1, 0.15) is 36.8 Å². The largest absolute Gasteiger partial charge is 0.490 e. The number of carbonyl (C=O) groups excluding carboxylic acids is 1. The van der Waals surface area contributed by atoms with E-state index in [1.807, 2.05) is 18.4 Å². The number of carbonyl (C=O) groups is 2. The number of halogens is 4. The topological polar surface area (TPSA) is 148 Å². The van der Waals surface area contributed by atoms with E-state index in [4.69, 9.17) is 15.7 Å². The van der Waals surface area contributed by atoms with Crippen molar-refractivity contribution in [3.8, 4) is 6.07 Å². The Hall–Kier alpha value is -3.68. The highest BCUT2D eigenvalue weighted by molar-refractivity contribution is 9.10. The molecule has 3 heterocycles. The predicted molar refractivity (Wildman–Crippen MR) is 161 cm³/mol. The first-order chi connectivity index (χ1) is 20.7. The van der Waals surface area contributed by atoms with Gasteiger partial charge in [0.15, 0.2) is 0 Å². The summed E-state index contributed by atoms with van der Waals surface area (Å²) in [5.74, 6) is 3.30. The molecule has 44 heavy (non-hydrogen) atoms. The molecule has 4 N–H and O–H groups in total. The zero-order valence-corrected chi connectivity index (χ0v) is 26.1.